The molecule has 12 aromatic carbocycles. The Labute approximate surface area is 717 Å². The van der Waals surface area contributed by atoms with E-state index in [1.54, 1.807) is 47.2 Å². The predicted octanol–water partition coefficient (Wildman–Crippen LogP) is 20.4. The van der Waals surface area contributed by atoms with Crippen molar-refractivity contribution in [3.8, 4) is 28.7 Å². The van der Waals surface area contributed by atoms with Crippen LogP contribution in [0.1, 0.15) is 92.9 Å². The lowest BCUT2D eigenvalue weighted by Crippen LogP contribution is -2.22. The van der Waals surface area contributed by atoms with Crippen molar-refractivity contribution in [2.75, 3.05) is 7.11 Å². The van der Waals surface area contributed by atoms with Gasteiger partial charge in [-0.2, -0.15) is 0 Å². The van der Waals surface area contributed by atoms with E-state index < -0.39 is 12.1 Å². The number of nitrogens with zero attached hydrogens (tertiary/aromatic N) is 12. The largest absolute Gasteiger partial charge is 0.497 e. The highest BCUT2D eigenvalue weighted by Gasteiger charge is 2.31. The van der Waals surface area contributed by atoms with Gasteiger partial charge in [0.05, 0.1) is 60.3 Å². The van der Waals surface area contributed by atoms with E-state index in [0.29, 0.717) is 112 Å². The highest BCUT2D eigenvalue weighted by molar-refractivity contribution is 7.15. The van der Waals surface area contributed by atoms with Gasteiger partial charge in [0.25, 0.3) is 22.2 Å². The Morgan fingerprint density at radius 1 is 0.320 bits per heavy atom. The minimum absolute atomic E-state index is 0.0284. The van der Waals surface area contributed by atoms with Crippen LogP contribution < -0.4 is 27.0 Å². The number of ether oxygens (including phenoxy) is 1. The summed E-state index contributed by atoms with van der Waals surface area (Å²) in [5.41, 5.74) is 7.48. The summed E-state index contributed by atoms with van der Waals surface area (Å²) in [6.07, 6.45) is 3.32. The summed E-state index contributed by atoms with van der Waals surface area (Å²) in [6.45, 7) is 0. The Morgan fingerprint density at radius 2 is 0.615 bits per heavy atom. The van der Waals surface area contributed by atoms with Gasteiger partial charge >= 0.3 is 0 Å². The molecule has 8 heterocycles. The molecule has 4 unspecified atom stereocenters. The Morgan fingerprint density at radius 3 is 0.943 bits per heavy atom. The lowest BCUT2D eigenvalue weighted by Gasteiger charge is -2.13. The predicted molar refractivity (Wildman–Crippen MR) is 476 cm³/mol. The molecule has 8 aromatic heterocycles. The van der Waals surface area contributed by atoms with Gasteiger partial charge in [-0.1, -0.05) is 282 Å². The van der Waals surface area contributed by atoms with Crippen molar-refractivity contribution in [1.82, 2.24) is 56.6 Å². The molecule has 0 fully saturated rings. The zero-order valence-corrected chi connectivity index (χ0v) is 69.1. The quantitative estimate of drug-likeness (QED) is 0.0577. The molecular weight excluding hydrogens is 1640 g/mol. The lowest BCUT2D eigenvalue weighted by atomic mass is 10.1. The zero-order chi connectivity index (χ0) is 83.3. The third kappa shape index (κ3) is 18.7. The van der Waals surface area contributed by atoms with Crippen molar-refractivity contribution in [3.63, 3.8) is 0 Å². The number of rotatable bonds is 23. The fraction of sp³-hybridized carbons (Fsp3) is 0.116. The maximum atomic E-state index is 13.6. The van der Waals surface area contributed by atoms with Crippen LogP contribution in [0, 0.1) is 5.82 Å². The van der Waals surface area contributed by atoms with Crippen molar-refractivity contribution >= 4 is 98.1 Å². The fourth-order valence-electron chi connectivity index (χ4n) is 14.1. The van der Waals surface area contributed by atoms with E-state index >= 15 is 0 Å². The third-order valence-corrected chi connectivity index (χ3v) is 25.0. The van der Waals surface area contributed by atoms with Crippen LogP contribution in [0.15, 0.2) is 358 Å². The average molecular weight is 1710 g/mol. The monoisotopic (exact) mass is 1710 g/mol. The van der Waals surface area contributed by atoms with E-state index in [9.17, 15) is 23.6 Å². The minimum Gasteiger partial charge on any atom is -0.497 e. The number of methoxy groups -OCH3 is 1. The second kappa shape index (κ2) is 37.5. The van der Waals surface area contributed by atoms with Gasteiger partial charge in [-0.15, -0.1) is 40.8 Å². The highest BCUT2D eigenvalue weighted by atomic mass is 35.5. The van der Waals surface area contributed by atoms with E-state index in [2.05, 4.69) is 40.8 Å². The minimum atomic E-state index is -0.466. The summed E-state index contributed by atoms with van der Waals surface area (Å²) in [5, 5.41) is 37.4. The molecule has 0 N–H and O–H groups in total. The molecule has 0 amide bonds. The van der Waals surface area contributed by atoms with Crippen molar-refractivity contribution in [3.05, 3.63) is 442 Å². The van der Waals surface area contributed by atoms with Gasteiger partial charge < -0.3 is 22.4 Å². The molecule has 0 spiro atoms. The van der Waals surface area contributed by atoms with Gasteiger partial charge in [0, 0.05) is 41.8 Å². The maximum Gasteiger partial charge on any atom is 0.269 e. The molecule has 0 aliphatic rings. The van der Waals surface area contributed by atoms with Crippen LogP contribution in [0.2, 0.25) is 5.02 Å². The van der Waals surface area contributed by atoms with Gasteiger partial charge in [0.15, 0.2) is 0 Å². The van der Waals surface area contributed by atoms with Gasteiger partial charge in [0.1, 0.15) is 35.7 Å². The molecule has 0 aliphatic heterocycles. The van der Waals surface area contributed by atoms with E-state index in [0.717, 1.165) is 63.5 Å². The van der Waals surface area contributed by atoms with Gasteiger partial charge in [-0.05, 0) is 130 Å². The Bertz CT molecular complexity index is 6960. The third-order valence-electron chi connectivity index (χ3n) is 20.1. The molecule has 20 aromatic rings. The highest BCUT2D eigenvalue weighted by Crippen LogP contribution is 2.35. The van der Waals surface area contributed by atoms with Crippen LogP contribution >= 0.6 is 57.7 Å². The molecule has 20 rings (SSSR count). The van der Waals surface area contributed by atoms with Crippen LogP contribution in [-0.4, -0.2) is 63.7 Å². The van der Waals surface area contributed by atoms with Crippen molar-refractivity contribution < 1.29 is 26.8 Å². The average Bonchev–Trinajstić information content (AvgIpc) is 1.65. The van der Waals surface area contributed by atoms with Crippen LogP contribution in [-0.2, 0) is 38.5 Å². The molecule has 0 bridgehead atoms. The number of aromatic nitrogens is 12. The van der Waals surface area contributed by atoms with Gasteiger partial charge in [-0.25, -0.2) is 4.39 Å². The number of hydrogen-bond donors (Lipinski definition) is 0. The summed E-state index contributed by atoms with van der Waals surface area (Å²) >= 11 is 11.7. The molecular formula is C95H72ClFN12O9S4. The second-order valence-corrected chi connectivity index (χ2v) is 32.9. The molecule has 604 valence electrons. The number of hydrogen-bond acceptors (Lipinski definition) is 21. The SMILES string of the molecule is COc1ccc(Cc2nnc(C(Cc3ccccc3)n3sc4ccccc4c3=O)o2)cc1.O=c1c2ccccc2sn1C(Cc1ccccc1)c1nnc(-c2cccc(Cl)c2)o1.O=c1c2ccccc2sn1C(Cc1ccccc1)c1nnc(-c2cccc(F)c2)o1.O=c1c2ccccc2sn1C(Cc1ccccc1)c1nnc(Cc2ccccc2)o1. The summed E-state index contributed by atoms with van der Waals surface area (Å²) in [5.74, 6) is 3.66. The van der Waals surface area contributed by atoms with Crippen molar-refractivity contribution in [2.24, 2.45) is 0 Å². The molecule has 122 heavy (non-hydrogen) atoms. The Hall–Kier alpha value is -14.0. The number of benzene rings is 12. The Balaban J connectivity index is 0.000000116. The normalized spacial score (nSPS) is 12.3. The zero-order valence-electron chi connectivity index (χ0n) is 65.1. The van der Waals surface area contributed by atoms with Gasteiger partial charge in [-0.3, -0.25) is 35.0 Å². The number of fused-ring (bicyclic) bond motifs is 4. The first-order valence-corrected chi connectivity index (χ1v) is 42.4. The van der Waals surface area contributed by atoms with Crippen LogP contribution in [0.5, 0.6) is 5.75 Å². The molecule has 27 heteroatoms. The summed E-state index contributed by atoms with van der Waals surface area (Å²) in [6, 6.07) is 99.7. The molecule has 21 nitrogen and oxygen atoms in total. The second-order valence-electron chi connectivity index (χ2n) is 28.4. The van der Waals surface area contributed by atoms with Crippen LogP contribution in [0.3, 0.4) is 0 Å². The smallest absolute Gasteiger partial charge is 0.269 e. The first-order chi connectivity index (χ1) is 59.9. The Kier molecular flexibility index (Phi) is 24.7. The fourth-order valence-corrected chi connectivity index (χ4v) is 18.6. The molecule has 0 radical (unpaired) electrons. The van der Waals surface area contributed by atoms with E-state index in [1.807, 2.05) is 285 Å². The van der Waals surface area contributed by atoms with E-state index in [4.69, 9.17) is 34.0 Å². The molecule has 0 aliphatic carbocycles. The standard InChI is InChI=1S/C25H21N3O3S.C24H19N3O2S.C23H16ClN3O2S.C23H16FN3O2S/c1-30-19-13-11-18(12-14-19)16-23-26-27-24(31-23)21(15-17-7-3-2-4-8-17)28-25(29)20-9-5-6-10-22(20)32-28;28-24-19-13-7-8-14-21(19)30-27(24)20(15-17-9-3-1-4-10-17)23-26-25-22(29-23)16-18-11-5-2-6-12-18;2*24-17-10-6-9-16(14-17)21-25-26-22(29-21)19(13-15-7-2-1-3-8-15)27-23(28)18-11-4-5-12-20(18)30-27/h2-14,21H,15-16H2,1H3;1-14,20H,15-16H2;2*1-12,14,19H,13H2. The van der Waals surface area contributed by atoms with Crippen LogP contribution in [0.4, 0.5) is 4.39 Å². The molecule has 0 saturated heterocycles. The van der Waals surface area contributed by atoms with Crippen LogP contribution in [0.25, 0.3) is 63.3 Å². The summed E-state index contributed by atoms with van der Waals surface area (Å²) < 4.78 is 53.5. The molecule has 0 saturated carbocycles. The maximum absolute atomic E-state index is 13.6. The number of halogens is 2. The van der Waals surface area contributed by atoms with Crippen molar-refractivity contribution in [2.45, 2.75) is 62.7 Å². The van der Waals surface area contributed by atoms with Crippen molar-refractivity contribution in [1.29, 1.82) is 0 Å². The van der Waals surface area contributed by atoms with Gasteiger partial charge in [0.2, 0.25) is 47.1 Å². The first kappa shape index (κ1) is 80.4. The first-order valence-electron chi connectivity index (χ1n) is 38.9. The molecule has 4 atom stereocenters. The lowest BCUT2D eigenvalue weighted by molar-refractivity contribution is 0.399. The summed E-state index contributed by atoms with van der Waals surface area (Å²) in [7, 11) is 1.64. The van der Waals surface area contributed by atoms with E-state index in [1.165, 1.54) is 58.3 Å². The van der Waals surface area contributed by atoms with E-state index in [-0.39, 0.29) is 46.0 Å². The topological polar surface area (TPSA) is 253 Å². The summed E-state index contributed by atoms with van der Waals surface area (Å²) in [4.78, 5) is 52.5.